The van der Waals surface area contributed by atoms with Gasteiger partial charge in [0.2, 0.25) is 0 Å². The van der Waals surface area contributed by atoms with Crippen molar-refractivity contribution in [2.24, 2.45) is 5.92 Å². The van der Waals surface area contributed by atoms with Crippen LogP contribution in [0.2, 0.25) is 0 Å². The van der Waals surface area contributed by atoms with Crippen LogP contribution in [0.3, 0.4) is 0 Å². The first kappa shape index (κ1) is 20.4. The molecule has 2 amide bonds. The van der Waals surface area contributed by atoms with Gasteiger partial charge in [0, 0.05) is 25.4 Å². The molecule has 0 bridgehead atoms. The molecule has 0 spiro atoms. The molecule has 0 aliphatic carbocycles. The number of carbonyl (C=O) groups is 1. The van der Waals surface area contributed by atoms with Crippen molar-refractivity contribution in [1.29, 1.82) is 0 Å². The predicted molar refractivity (Wildman–Crippen MR) is 96.9 cm³/mol. The molecule has 0 saturated heterocycles. The first-order valence-corrected chi connectivity index (χ1v) is 8.95. The van der Waals surface area contributed by atoms with Gasteiger partial charge in [-0.15, -0.1) is 0 Å². The molecule has 0 radical (unpaired) electrons. The van der Waals surface area contributed by atoms with Gasteiger partial charge in [0.15, 0.2) is 0 Å². The van der Waals surface area contributed by atoms with Crippen molar-refractivity contribution in [3.63, 3.8) is 0 Å². The molecule has 0 aromatic heterocycles. The number of hydrogen-bond acceptors (Lipinski definition) is 2. The van der Waals surface area contributed by atoms with Gasteiger partial charge in [0.25, 0.3) is 0 Å². The lowest BCUT2D eigenvalue weighted by molar-refractivity contribution is 0.0925. The van der Waals surface area contributed by atoms with Crippen molar-refractivity contribution in [1.82, 2.24) is 5.32 Å². The summed E-state index contributed by atoms with van der Waals surface area (Å²) < 4.78 is 19.1. The van der Waals surface area contributed by atoms with E-state index in [1.807, 2.05) is 0 Å². The van der Waals surface area contributed by atoms with Crippen molar-refractivity contribution < 1.29 is 13.9 Å². The van der Waals surface area contributed by atoms with Crippen LogP contribution < -0.4 is 10.6 Å². The number of benzene rings is 1. The van der Waals surface area contributed by atoms with Crippen LogP contribution in [0.25, 0.3) is 0 Å². The summed E-state index contributed by atoms with van der Waals surface area (Å²) in [4.78, 5) is 11.7. The average molecular weight is 338 g/mol. The maximum absolute atomic E-state index is 13.4. The molecule has 5 heteroatoms. The maximum Gasteiger partial charge on any atom is 0.319 e. The van der Waals surface area contributed by atoms with Crippen LogP contribution in [0.1, 0.15) is 51.5 Å². The molecule has 1 unspecified atom stereocenters. The van der Waals surface area contributed by atoms with E-state index >= 15 is 0 Å². The highest BCUT2D eigenvalue weighted by Crippen LogP contribution is 2.14. The minimum absolute atomic E-state index is 0.324. The molecule has 0 heterocycles. The second-order valence-electron chi connectivity index (χ2n) is 6.19. The van der Waals surface area contributed by atoms with Crippen molar-refractivity contribution >= 4 is 11.7 Å². The smallest absolute Gasteiger partial charge is 0.319 e. The zero-order chi connectivity index (χ0) is 17.8. The lowest BCUT2D eigenvalue weighted by atomic mass is 10.0. The van der Waals surface area contributed by atoms with Gasteiger partial charge < -0.3 is 15.4 Å². The normalized spacial score (nSPS) is 12.0. The van der Waals surface area contributed by atoms with Crippen LogP contribution in [-0.4, -0.2) is 25.8 Å². The average Bonchev–Trinajstić information content (AvgIpc) is 2.57. The molecule has 1 aromatic rings. The van der Waals surface area contributed by atoms with E-state index in [0.717, 1.165) is 19.4 Å². The molecule has 0 aliphatic rings. The molecular formula is C19H31FN2O2. The minimum atomic E-state index is -0.326. The van der Waals surface area contributed by atoms with Crippen molar-refractivity contribution in [3.05, 3.63) is 29.6 Å². The van der Waals surface area contributed by atoms with E-state index in [4.69, 9.17) is 4.74 Å². The Kier molecular flexibility index (Phi) is 10.1. The molecule has 1 atom stereocenters. The fraction of sp³-hybridized carbons (Fsp3) is 0.632. The number of ether oxygens (including phenoxy) is 1. The summed E-state index contributed by atoms with van der Waals surface area (Å²) >= 11 is 0. The number of rotatable bonds is 11. The molecule has 24 heavy (non-hydrogen) atoms. The van der Waals surface area contributed by atoms with Crippen molar-refractivity contribution in [2.45, 2.75) is 52.9 Å². The Bertz CT molecular complexity index is 494. The number of nitrogens with one attached hydrogen (secondary N) is 2. The number of urea groups is 1. The molecule has 4 nitrogen and oxygen atoms in total. The number of hydrogen-bond donors (Lipinski definition) is 2. The summed E-state index contributed by atoms with van der Waals surface area (Å²) in [5.41, 5.74) is 1.01. The predicted octanol–water partition coefficient (Wildman–Crippen LogP) is 4.88. The SMILES string of the molecule is CCCCC(CC)COCCCNC(=O)Nc1ccc(C)c(F)c1. The molecule has 0 aliphatic heterocycles. The van der Waals surface area contributed by atoms with Gasteiger partial charge in [-0.05, 0) is 43.4 Å². The highest BCUT2D eigenvalue weighted by Gasteiger charge is 2.06. The monoisotopic (exact) mass is 338 g/mol. The summed E-state index contributed by atoms with van der Waals surface area (Å²) in [5, 5.41) is 5.37. The highest BCUT2D eigenvalue weighted by molar-refractivity contribution is 5.89. The summed E-state index contributed by atoms with van der Waals surface area (Å²) in [6.07, 6.45) is 5.61. The number of halogens is 1. The Morgan fingerprint density at radius 2 is 2.08 bits per heavy atom. The zero-order valence-corrected chi connectivity index (χ0v) is 15.2. The number of anilines is 1. The quantitative estimate of drug-likeness (QED) is 0.565. The Hall–Kier alpha value is -1.62. The van der Waals surface area contributed by atoms with E-state index in [2.05, 4.69) is 24.5 Å². The lowest BCUT2D eigenvalue weighted by Crippen LogP contribution is -2.30. The highest BCUT2D eigenvalue weighted by atomic mass is 19.1. The van der Waals surface area contributed by atoms with Gasteiger partial charge in [-0.25, -0.2) is 9.18 Å². The van der Waals surface area contributed by atoms with Gasteiger partial charge in [-0.1, -0.05) is 39.2 Å². The fourth-order valence-electron chi connectivity index (χ4n) is 2.37. The fourth-order valence-corrected chi connectivity index (χ4v) is 2.37. The maximum atomic E-state index is 13.4. The Balaban J connectivity index is 2.12. The zero-order valence-electron chi connectivity index (χ0n) is 15.2. The van der Waals surface area contributed by atoms with E-state index in [9.17, 15) is 9.18 Å². The van der Waals surface area contributed by atoms with Crippen LogP contribution >= 0.6 is 0 Å². The second-order valence-corrected chi connectivity index (χ2v) is 6.19. The topological polar surface area (TPSA) is 50.4 Å². The molecule has 0 saturated carbocycles. The summed E-state index contributed by atoms with van der Waals surface area (Å²) in [5.74, 6) is 0.312. The third kappa shape index (κ3) is 8.29. The first-order chi connectivity index (χ1) is 11.6. The van der Waals surface area contributed by atoms with E-state index in [-0.39, 0.29) is 11.8 Å². The largest absolute Gasteiger partial charge is 0.381 e. The summed E-state index contributed by atoms with van der Waals surface area (Å²) in [7, 11) is 0. The van der Waals surface area contributed by atoms with E-state index in [1.165, 1.54) is 25.3 Å². The molecule has 1 aromatic carbocycles. The number of aryl methyl sites for hydroxylation is 1. The first-order valence-electron chi connectivity index (χ1n) is 8.95. The lowest BCUT2D eigenvalue weighted by Gasteiger charge is -2.14. The number of carbonyl (C=O) groups excluding carboxylic acids is 1. The summed E-state index contributed by atoms with van der Waals surface area (Å²) in [6, 6.07) is 4.32. The van der Waals surface area contributed by atoms with E-state index < -0.39 is 0 Å². The number of amides is 2. The van der Waals surface area contributed by atoms with Gasteiger partial charge in [-0.3, -0.25) is 0 Å². The van der Waals surface area contributed by atoms with E-state index in [1.54, 1.807) is 19.1 Å². The standard InChI is InChI=1S/C19H31FN2O2/c1-4-6-8-16(5-2)14-24-12-7-11-21-19(23)22-17-10-9-15(3)18(20)13-17/h9-10,13,16H,4-8,11-12,14H2,1-3H3,(H2,21,22,23). The molecule has 1 rings (SSSR count). The third-order valence-electron chi connectivity index (χ3n) is 4.08. The van der Waals surface area contributed by atoms with Crippen LogP contribution in [0, 0.1) is 18.7 Å². The Labute approximate surface area is 145 Å². The van der Waals surface area contributed by atoms with Gasteiger partial charge in [0.05, 0.1) is 0 Å². The third-order valence-corrected chi connectivity index (χ3v) is 4.08. The molecule has 2 N–H and O–H groups in total. The van der Waals surface area contributed by atoms with Gasteiger partial charge in [-0.2, -0.15) is 0 Å². The second kappa shape index (κ2) is 11.8. The Morgan fingerprint density at radius 3 is 2.75 bits per heavy atom. The van der Waals surface area contributed by atoms with Crippen LogP contribution in [0.4, 0.5) is 14.9 Å². The van der Waals surface area contributed by atoms with Crippen molar-refractivity contribution in [2.75, 3.05) is 25.1 Å². The van der Waals surface area contributed by atoms with Crippen molar-refractivity contribution in [3.8, 4) is 0 Å². The summed E-state index contributed by atoms with van der Waals surface area (Å²) in [6.45, 7) is 8.06. The van der Waals surface area contributed by atoms with Gasteiger partial charge in [0.1, 0.15) is 5.82 Å². The van der Waals surface area contributed by atoms with Crippen LogP contribution in [0.5, 0.6) is 0 Å². The van der Waals surface area contributed by atoms with Crippen LogP contribution in [0.15, 0.2) is 18.2 Å². The van der Waals surface area contributed by atoms with Gasteiger partial charge >= 0.3 is 6.03 Å². The molecule has 0 fully saturated rings. The molecular weight excluding hydrogens is 307 g/mol. The van der Waals surface area contributed by atoms with Crippen LogP contribution in [-0.2, 0) is 4.74 Å². The number of unbranched alkanes of at least 4 members (excludes halogenated alkanes) is 1. The van der Waals surface area contributed by atoms with E-state index in [0.29, 0.717) is 30.3 Å². The molecule has 136 valence electrons. The minimum Gasteiger partial charge on any atom is -0.381 e. The Morgan fingerprint density at radius 1 is 1.29 bits per heavy atom.